The van der Waals surface area contributed by atoms with Gasteiger partial charge in [0, 0.05) is 23.4 Å². The zero-order valence-electron chi connectivity index (χ0n) is 20.0. The van der Waals surface area contributed by atoms with Gasteiger partial charge in [0.05, 0.1) is 23.3 Å². The van der Waals surface area contributed by atoms with Crippen LogP contribution in [0.15, 0.2) is 47.4 Å². The molecule has 1 N–H and O–H groups in total. The Kier molecular flexibility index (Phi) is 8.42. The summed E-state index contributed by atoms with van der Waals surface area (Å²) in [6.45, 7) is 5.68. The van der Waals surface area contributed by atoms with Crippen molar-refractivity contribution in [1.29, 1.82) is 0 Å². The second-order valence-corrected chi connectivity index (χ2v) is 11.1. The zero-order chi connectivity index (χ0) is 26.7. The fraction of sp³-hybridized carbons (Fsp3) is 0.333. The molecule has 0 bridgehead atoms. The minimum Gasteiger partial charge on any atom is -0.465 e. The molecule has 7 nitrogen and oxygen atoms in total. The summed E-state index contributed by atoms with van der Waals surface area (Å²) in [6.07, 6.45) is -4.47. The maximum atomic E-state index is 12.8. The Hall–Kier alpha value is -2.96. The van der Waals surface area contributed by atoms with E-state index in [4.69, 9.17) is 4.74 Å². The Balaban J connectivity index is 1.70. The highest BCUT2D eigenvalue weighted by Crippen LogP contribution is 2.31. The average molecular weight is 543 g/mol. The molecule has 0 fully saturated rings. The fourth-order valence-electron chi connectivity index (χ4n) is 3.46. The lowest BCUT2D eigenvalue weighted by Gasteiger charge is -2.13. The Morgan fingerprint density at radius 1 is 1.14 bits per heavy atom. The van der Waals surface area contributed by atoms with Crippen molar-refractivity contribution in [3.8, 4) is 16.3 Å². The van der Waals surface area contributed by atoms with Gasteiger partial charge in [0.25, 0.3) is 0 Å². The second-order valence-electron chi connectivity index (χ2n) is 8.14. The molecule has 0 amide bonds. The number of aryl methyl sites for hydroxylation is 1. The molecule has 1 aromatic heterocycles. The SMILES string of the molecule is COC(=O)c1cc(S(=O)(=O)NCCc2nc(-c3ccc(OC(F)(F)F)cc3)sc2C)ccc1C(C)C. The third kappa shape index (κ3) is 6.83. The molecule has 0 saturated carbocycles. The van der Waals surface area contributed by atoms with Crippen LogP contribution in [0.5, 0.6) is 5.75 Å². The third-order valence-corrected chi connectivity index (χ3v) is 7.76. The van der Waals surface area contributed by atoms with Gasteiger partial charge in [0.1, 0.15) is 10.8 Å². The van der Waals surface area contributed by atoms with Gasteiger partial charge in [0.2, 0.25) is 10.0 Å². The smallest absolute Gasteiger partial charge is 0.465 e. The van der Waals surface area contributed by atoms with Crippen molar-refractivity contribution in [3.05, 3.63) is 64.2 Å². The number of alkyl halides is 3. The number of thiazole rings is 1. The molecule has 194 valence electrons. The summed E-state index contributed by atoms with van der Waals surface area (Å²) in [5, 5.41) is 0.593. The number of rotatable bonds is 9. The molecule has 0 aliphatic rings. The first kappa shape index (κ1) is 27.6. The highest BCUT2D eigenvalue weighted by molar-refractivity contribution is 7.89. The number of hydrogen-bond donors (Lipinski definition) is 1. The lowest BCUT2D eigenvalue weighted by atomic mass is 9.97. The van der Waals surface area contributed by atoms with Crippen molar-refractivity contribution in [1.82, 2.24) is 9.71 Å². The predicted octanol–water partition coefficient (Wildman–Crippen LogP) is 5.45. The van der Waals surface area contributed by atoms with E-state index in [1.54, 1.807) is 6.07 Å². The molecule has 36 heavy (non-hydrogen) atoms. The van der Waals surface area contributed by atoms with E-state index in [9.17, 15) is 26.4 Å². The number of sulfonamides is 1. The maximum absolute atomic E-state index is 12.8. The van der Waals surface area contributed by atoms with Crippen molar-refractivity contribution in [2.75, 3.05) is 13.7 Å². The Morgan fingerprint density at radius 3 is 2.39 bits per heavy atom. The largest absolute Gasteiger partial charge is 0.573 e. The number of ether oxygens (including phenoxy) is 2. The van der Waals surface area contributed by atoms with Crippen LogP contribution < -0.4 is 9.46 Å². The van der Waals surface area contributed by atoms with E-state index in [1.807, 2.05) is 20.8 Å². The first-order chi connectivity index (χ1) is 16.8. The molecule has 0 unspecified atom stereocenters. The molecule has 3 rings (SSSR count). The van der Waals surface area contributed by atoms with Gasteiger partial charge in [-0.2, -0.15) is 0 Å². The maximum Gasteiger partial charge on any atom is 0.573 e. The molecule has 2 aromatic carbocycles. The average Bonchev–Trinajstić information content (AvgIpc) is 3.17. The number of nitrogens with zero attached hydrogens (tertiary/aromatic N) is 1. The molecule has 0 atom stereocenters. The van der Waals surface area contributed by atoms with E-state index in [-0.39, 0.29) is 28.7 Å². The van der Waals surface area contributed by atoms with Gasteiger partial charge in [-0.25, -0.2) is 22.9 Å². The molecule has 0 radical (unpaired) electrons. The highest BCUT2D eigenvalue weighted by atomic mass is 32.2. The molecule has 0 saturated heterocycles. The van der Waals surface area contributed by atoms with Gasteiger partial charge >= 0.3 is 12.3 Å². The van der Waals surface area contributed by atoms with E-state index < -0.39 is 22.4 Å². The number of aromatic nitrogens is 1. The zero-order valence-corrected chi connectivity index (χ0v) is 21.6. The van der Waals surface area contributed by atoms with E-state index in [1.165, 1.54) is 54.8 Å². The number of esters is 1. The monoisotopic (exact) mass is 542 g/mol. The van der Waals surface area contributed by atoms with Crippen LogP contribution in [0.1, 0.15) is 46.3 Å². The van der Waals surface area contributed by atoms with E-state index in [0.29, 0.717) is 28.2 Å². The van der Waals surface area contributed by atoms with Crippen molar-refractivity contribution in [2.45, 2.75) is 44.4 Å². The van der Waals surface area contributed by atoms with Crippen molar-refractivity contribution < 1.29 is 35.9 Å². The normalized spacial score (nSPS) is 12.1. The highest BCUT2D eigenvalue weighted by Gasteiger charge is 2.31. The summed E-state index contributed by atoms with van der Waals surface area (Å²) in [5.74, 6) is -0.940. The molecule has 3 aromatic rings. The van der Waals surface area contributed by atoms with Gasteiger partial charge in [0.15, 0.2) is 0 Å². The molecule has 0 spiro atoms. The van der Waals surface area contributed by atoms with Gasteiger partial charge in [-0.05, 0) is 54.8 Å². The summed E-state index contributed by atoms with van der Waals surface area (Å²) in [7, 11) is -2.67. The molecule has 0 aliphatic heterocycles. The molecule has 0 aliphatic carbocycles. The van der Waals surface area contributed by atoms with Crippen LogP contribution in [0.2, 0.25) is 0 Å². The number of nitrogens with one attached hydrogen (secondary N) is 1. The molecular formula is C24H25F3N2O5S2. The minimum atomic E-state index is -4.77. The van der Waals surface area contributed by atoms with Crippen LogP contribution in [-0.2, 0) is 21.2 Å². The van der Waals surface area contributed by atoms with Crippen LogP contribution in [0.25, 0.3) is 10.6 Å². The number of carbonyl (C=O) groups is 1. The van der Waals surface area contributed by atoms with Crippen LogP contribution in [0.4, 0.5) is 13.2 Å². The van der Waals surface area contributed by atoms with Crippen LogP contribution >= 0.6 is 11.3 Å². The first-order valence-electron chi connectivity index (χ1n) is 10.8. The van der Waals surface area contributed by atoms with Crippen LogP contribution in [0, 0.1) is 6.92 Å². The van der Waals surface area contributed by atoms with Gasteiger partial charge in [-0.15, -0.1) is 24.5 Å². The molecule has 1 heterocycles. The lowest BCUT2D eigenvalue weighted by molar-refractivity contribution is -0.274. The van der Waals surface area contributed by atoms with Crippen molar-refractivity contribution in [2.24, 2.45) is 0 Å². The number of benzene rings is 2. The van der Waals surface area contributed by atoms with Crippen molar-refractivity contribution >= 4 is 27.3 Å². The number of methoxy groups -OCH3 is 1. The summed E-state index contributed by atoms with van der Waals surface area (Å²) in [6, 6.07) is 9.73. The summed E-state index contributed by atoms with van der Waals surface area (Å²) in [5.41, 5.74) is 2.16. The van der Waals surface area contributed by atoms with Gasteiger partial charge in [-0.3, -0.25) is 0 Å². The van der Waals surface area contributed by atoms with Crippen LogP contribution in [0.3, 0.4) is 0 Å². The first-order valence-corrected chi connectivity index (χ1v) is 13.1. The summed E-state index contributed by atoms with van der Waals surface area (Å²) < 4.78 is 73.9. The quantitative estimate of drug-likeness (QED) is 0.362. The number of hydrogen-bond acceptors (Lipinski definition) is 7. The second kappa shape index (κ2) is 11.0. The Labute approximate surface area is 211 Å². The summed E-state index contributed by atoms with van der Waals surface area (Å²) >= 11 is 1.35. The fourth-order valence-corrected chi connectivity index (χ4v) is 5.49. The van der Waals surface area contributed by atoms with E-state index in [0.717, 1.165) is 4.88 Å². The molecular weight excluding hydrogens is 517 g/mol. The van der Waals surface area contributed by atoms with Crippen molar-refractivity contribution in [3.63, 3.8) is 0 Å². The topological polar surface area (TPSA) is 94.6 Å². The summed E-state index contributed by atoms with van der Waals surface area (Å²) in [4.78, 5) is 17.5. The minimum absolute atomic E-state index is 0.000910. The lowest BCUT2D eigenvalue weighted by Crippen LogP contribution is -2.26. The molecule has 12 heteroatoms. The van der Waals surface area contributed by atoms with Gasteiger partial charge < -0.3 is 9.47 Å². The third-order valence-electron chi connectivity index (χ3n) is 5.24. The standard InChI is InChI=1S/C24H25F3N2O5S2/c1-14(2)19-10-9-18(13-20(19)23(30)33-4)36(31,32)28-12-11-21-15(3)35-22(29-21)16-5-7-17(8-6-16)34-24(25,26)27/h5-10,13-14,28H,11-12H2,1-4H3. The Bertz CT molecular complexity index is 1330. The van der Waals surface area contributed by atoms with E-state index >= 15 is 0 Å². The van der Waals surface area contributed by atoms with Crippen LogP contribution in [-0.4, -0.2) is 39.4 Å². The van der Waals surface area contributed by atoms with Gasteiger partial charge in [-0.1, -0.05) is 19.9 Å². The predicted molar refractivity (Wildman–Crippen MR) is 130 cm³/mol. The number of carbonyl (C=O) groups excluding carboxylic acids is 1. The Morgan fingerprint density at radius 2 is 1.81 bits per heavy atom. The number of halogens is 3. The van der Waals surface area contributed by atoms with E-state index in [2.05, 4.69) is 14.4 Å².